The molecule has 0 heterocycles. The summed E-state index contributed by atoms with van der Waals surface area (Å²) in [6, 6.07) is 12.6. The molecule has 0 saturated carbocycles. The molecule has 21 heavy (non-hydrogen) atoms. The molecule has 0 aliphatic rings. The average molecular weight is 322 g/mol. The van der Waals surface area contributed by atoms with Crippen molar-refractivity contribution in [3.05, 3.63) is 57.6 Å². The summed E-state index contributed by atoms with van der Waals surface area (Å²) in [7, 11) is 0. The lowest BCUT2D eigenvalue weighted by Crippen LogP contribution is -2.01. The van der Waals surface area contributed by atoms with Crippen molar-refractivity contribution in [1.82, 2.24) is 0 Å². The Labute approximate surface area is 133 Å². The van der Waals surface area contributed by atoms with Gasteiger partial charge in [-0.15, -0.1) is 0 Å². The highest BCUT2D eigenvalue weighted by Gasteiger charge is 2.12. The predicted octanol–water partition coefficient (Wildman–Crippen LogP) is 4.84. The molecule has 108 valence electrons. The largest absolute Gasteiger partial charge is 0.490 e. The zero-order valence-corrected chi connectivity index (χ0v) is 12.9. The Hall–Kier alpha value is -1.89. The zero-order chi connectivity index (χ0) is 15.2. The number of benzene rings is 2. The molecule has 0 bridgehead atoms. The Bertz CT molecular complexity index is 663. The van der Waals surface area contributed by atoms with Gasteiger partial charge in [0.2, 0.25) is 0 Å². The summed E-state index contributed by atoms with van der Waals surface area (Å²) >= 11 is 12.0. The van der Waals surface area contributed by atoms with Gasteiger partial charge in [-0.05, 0) is 30.7 Å². The van der Waals surface area contributed by atoms with Crippen molar-refractivity contribution < 1.29 is 9.47 Å². The van der Waals surface area contributed by atoms with Gasteiger partial charge in [-0.2, -0.15) is 5.26 Å². The molecule has 0 saturated heterocycles. The molecular formula is C16H13Cl2NO2. The van der Waals surface area contributed by atoms with Gasteiger partial charge >= 0.3 is 0 Å². The first kappa shape index (κ1) is 15.5. The van der Waals surface area contributed by atoms with Gasteiger partial charge < -0.3 is 9.47 Å². The van der Waals surface area contributed by atoms with Crippen LogP contribution in [0.2, 0.25) is 10.0 Å². The number of nitrogens with zero attached hydrogens (tertiary/aromatic N) is 1. The van der Waals surface area contributed by atoms with Crippen molar-refractivity contribution in [3.8, 4) is 17.6 Å². The number of hydrogen-bond donors (Lipinski definition) is 0. The molecule has 0 aliphatic carbocycles. The maximum atomic E-state index is 8.96. The van der Waals surface area contributed by atoms with Gasteiger partial charge in [0.05, 0.1) is 23.3 Å². The van der Waals surface area contributed by atoms with E-state index in [0.29, 0.717) is 40.3 Å². The Balaban J connectivity index is 2.22. The molecule has 2 aromatic rings. The summed E-state index contributed by atoms with van der Waals surface area (Å²) < 4.78 is 11.2. The van der Waals surface area contributed by atoms with Crippen molar-refractivity contribution >= 4 is 23.2 Å². The summed E-state index contributed by atoms with van der Waals surface area (Å²) in [5, 5.41) is 9.99. The minimum Gasteiger partial charge on any atom is -0.490 e. The van der Waals surface area contributed by atoms with E-state index in [-0.39, 0.29) is 0 Å². The Morgan fingerprint density at radius 1 is 1.10 bits per heavy atom. The number of ether oxygens (including phenoxy) is 2. The van der Waals surface area contributed by atoms with Gasteiger partial charge in [-0.3, -0.25) is 0 Å². The van der Waals surface area contributed by atoms with E-state index < -0.39 is 0 Å². The SMILES string of the molecule is CCOc1cc(C#N)cc(Cl)c1OCc1ccc(Cl)cc1. The first-order valence-corrected chi connectivity index (χ1v) is 7.13. The number of nitriles is 1. The fraction of sp³-hybridized carbons (Fsp3) is 0.188. The standard InChI is InChI=1S/C16H13Cl2NO2/c1-2-20-15-8-12(9-19)7-14(18)16(15)21-10-11-3-5-13(17)6-4-11/h3-8H,2,10H2,1H3. The molecule has 3 nitrogen and oxygen atoms in total. The van der Waals surface area contributed by atoms with Crippen LogP contribution in [0.3, 0.4) is 0 Å². The highest BCUT2D eigenvalue weighted by Crippen LogP contribution is 2.37. The fourth-order valence-corrected chi connectivity index (χ4v) is 2.16. The van der Waals surface area contributed by atoms with Crippen LogP contribution in [0.15, 0.2) is 36.4 Å². The van der Waals surface area contributed by atoms with Crippen LogP contribution in [0.4, 0.5) is 0 Å². The topological polar surface area (TPSA) is 42.2 Å². The number of halogens is 2. The molecule has 0 radical (unpaired) electrons. The molecule has 0 atom stereocenters. The molecule has 0 amide bonds. The summed E-state index contributed by atoms with van der Waals surface area (Å²) in [5.74, 6) is 0.906. The summed E-state index contributed by atoms with van der Waals surface area (Å²) in [4.78, 5) is 0. The van der Waals surface area contributed by atoms with E-state index in [4.69, 9.17) is 37.9 Å². The van der Waals surface area contributed by atoms with E-state index in [1.165, 1.54) is 0 Å². The number of rotatable bonds is 5. The first-order chi connectivity index (χ1) is 10.1. The maximum absolute atomic E-state index is 8.96. The Morgan fingerprint density at radius 2 is 1.81 bits per heavy atom. The third-order valence-corrected chi connectivity index (χ3v) is 3.27. The van der Waals surface area contributed by atoms with E-state index in [1.807, 2.05) is 25.1 Å². The van der Waals surface area contributed by atoms with Gasteiger partial charge in [0.15, 0.2) is 11.5 Å². The molecule has 0 aromatic heterocycles. The molecule has 0 spiro atoms. The third-order valence-electron chi connectivity index (χ3n) is 2.73. The first-order valence-electron chi connectivity index (χ1n) is 6.37. The summed E-state index contributed by atoms with van der Waals surface area (Å²) in [6.45, 7) is 2.65. The normalized spacial score (nSPS) is 10.0. The zero-order valence-electron chi connectivity index (χ0n) is 11.4. The minimum absolute atomic E-state index is 0.336. The molecule has 0 aliphatic heterocycles. The number of hydrogen-bond acceptors (Lipinski definition) is 3. The van der Waals surface area contributed by atoms with Gasteiger partial charge in [-0.1, -0.05) is 35.3 Å². The summed E-state index contributed by atoms with van der Waals surface area (Å²) in [6.07, 6.45) is 0. The van der Waals surface area contributed by atoms with Crippen LogP contribution in [-0.2, 0) is 6.61 Å². The van der Waals surface area contributed by atoms with Crippen LogP contribution in [0, 0.1) is 11.3 Å². The highest BCUT2D eigenvalue weighted by molar-refractivity contribution is 6.32. The Kier molecular flexibility index (Phi) is 5.32. The lowest BCUT2D eigenvalue weighted by Gasteiger charge is -2.14. The van der Waals surface area contributed by atoms with Gasteiger partial charge in [-0.25, -0.2) is 0 Å². The van der Waals surface area contributed by atoms with Crippen LogP contribution >= 0.6 is 23.2 Å². The van der Waals surface area contributed by atoms with Crippen LogP contribution in [0.5, 0.6) is 11.5 Å². The van der Waals surface area contributed by atoms with Crippen molar-refractivity contribution in [2.45, 2.75) is 13.5 Å². The average Bonchev–Trinajstić information content (AvgIpc) is 2.48. The summed E-state index contributed by atoms with van der Waals surface area (Å²) in [5.41, 5.74) is 1.39. The lowest BCUT2D eigenvalue weighted by molar-refractivity contribution is 0.269. The quantitative estimate of drug-likeness (QED) is 0.791. The molecule has 2 rings (SSSR count). The monoisotopic (exact) mass is 321 g/mol. The smallest absolute Gasteiger partial charge is 0.180 e. The minimum atomic E-state index is 0.336. The second-order valence-electron chi connectivity index (χ2n) is 4.25. The van der Waals surface area contributed by atoms with Gasteiger partial charge in [0, 0.05) is 11.1 Å². The van der Waals surface area contributed by atoms with Crippen LogP contribution in [0.1, 0.15) is 18.1 Å². The van der Waals surface area contributed by atoms with Crippen molar-refractivity contribution in [3.63, 3.8) is 0 Å². The third kappa shape index (κ3) is 4.04. The van der Waals surface area contributed by atoms with E-state index in [2.05, 4.69) is 0 Å². The predicted molar refractivity (Wildman–Crippen MR) is 83.1 cm³/mol. The molecule has 2 aromatic carbocycles. The second-order valence-corrected chi connectivity index (χ2v) is 5.09. The molecule has 0 unspecified atom stereocenters. The molecular weight excluding hydrogens is 309 g/mol. The van der Waals surface area contributed by atoms with Crippen LogP contribution < -0.4 is 9.47 Å². The second kappa shape index (κ2) is 7.21. The van der Waals surface area contributed by atoms with Crippen LogP contribution in [-0.4, -0.2) is 6.61 Å². The highest BCUT2D eigenvalue weighted by atomic mass is 35.5. The van der Waals surface area contributed by atoms with Crippen molar-refractivity contribution in [1.29, 1.82) is 5.26 Å². The van der Waals surface area contributed by atoms with Gasteiger partial charge in [0.25, 0.3) is 0 Å². The van der Waals surface area contributed by atoms with E-state index in [9.17, 15) is 0 Å². The molecule has 0 N–H and O–H groups in total. The fourth-order valence-electron chi connectivity index (χ4n) is 1.77. The van der Waals surface area contributed by atoms with Crippen molar-refractivity contribution in [2.24, 2.45) is 0 Å². The van der Waals surface area contributed by atoms with E-state index >= 15 is 0 Å². The van der Waals surface area contributed by atoms with Crippen molar-refractivity contribution in [2.75, 3.05) is 6.61 Å². The molecule has 0 fully saturated rings. The maximum Gasteiger partial charge on any atom is 0.180 e. The lowest BCUT2D eigenvalue weighted by atomic mass is 10.2. The van der Waals surface area contributed by atoms with Crippen LogP contribution in [0.25, 0.3) is 0 Å². The van der Waals surface area contributed by atoms with E-state index in [0.717, 1.165) is 5.56 Å². The van der Waals surface area contributed by atoms with Gasteiger partial charge in [0.1, 0.15) is 6.61 Å². The Morgan fingerprint density at radius 3 is 2.43 bits per heavy atom. The molecule has 5 heteroatoms. The van der Waals surface area contributed by atoms with E-state index in [1.54, 1.807) is 24.3 Å².